The lowest BCUT2D eigenvalue weighted by Crippen LogP contribution is -2.47. The lowest BCUT2D eigenvalue weighted by molar-refractivity contribution is -0.140. The molecule has 0 unspecified atom stereocenters. The number of sulfonamides is 1. The Morgan fingerprint density at radius 3 is 2.53 bits per heavy atom. The van der Waals surface area contributed by atoms with Crippen LogP contribution >= 0.6 is 0 Å². The molecule has 1 N–H and O–H groups in total. The Morgan fingerprint density at radius 2 is 1.85 bits per heavy atom. The SMILES string of the molecule is CCCNC(=O)[C@H](C)N(Cc1cccc(C)c1)C(=O)CCCN1C(=O)c2ccccc2S1(=O)=O. The van der Waals surface area contributed by atoms with Crippen molar-refractivity contribution in [3.05, 3.63) is 65.2 Å². The molecule has 0 aliphatic carbocycles. The van der Waals surface area contributed by atoms with Crippen LogP contribution in [-0.4, -0.2) is 54.5 Å². The van der Waals surface area contributed by atoms with Crippen molar-refractivity contribution in [1.82, 2.24) is 14.5 Å². The van der Waals surface area contributed by atoms with E-state index in [0.717, 1.165) is 21.9 Å². The van der Waals surface area contributed by atoms with Crippen molar-refractivity contribution < 1.29 is 22.8 Å². The number of benzene rings is 2. The summed E-state index contributed by atoms with van der Waals surface area (Å²) in [5.41, 5.74) is 2.10. The zero-order valence-electron chi connectivity index (χ0n) is 19.8. The zero-order chi connectivity index (χ0) is 24.9. The molecule has 2 aromatic rings. The number of fused-ring (bicyclic) bond motifs is 1. The third-order valence-electron chi connectivity index (χ3n) is 5.82. The van der Waals surface area contributed by atoms with E-state index in [1.54, 1.807) is 19.1 Å². The van der Waals surface area contributed by atoms with Crippen LogP contribution in [0.2, 0.25) is 0 Å². The van der Waals surface area contributed by atoms with Gasteiger partial charge in [0.15, 0.2) is 0 Å². The molecule has 0 saturated heterocycles. The fraction of sp³-hybridized carbons (Fsp3) is 0.400. The van der Waals surface area contributed by atoms with E-state index in [9.17, 15) is 22.8 Å². The molecule has 0 aromatic heterocycles. The van der Waals surface area contributed by atoms with Crippen LogP contribution in [-0.2, 0) is 26.2 Å². The predicted octanol–water partition coefficient (Wildman–Crippen LogP) is 2.86. The topological polar surface area (TPSA) is 104 Å². The summed E-state index contributed by atoms with van der Waals surface area (Å²) in [7, 11) is -3.91. The Labute approximate surface area is 201 Å². The number of rotatable bonds is 10. The maximum Gasteiger partial charge on any atom is 0.269 e. The van der Waals surface area contributed by atoms with Gasteiger partial charge in [0.2, 0.25) is 11.8 Å². The van der Waals surface area contributed by atoms with Gasteiger partial charge in [-0.2, -0.15) is 0 Å². The highest BCUT2D eigenvalue weighted by Crippen LogP contribution is 2.30. The van der Waals surface area contributed by atoms with Crippen molar-refractivity contribution in [3.63, 3.8) is 0 Å². The summed E-state index contributed by atoms with van der Waals surface area (Å²) < 4.78 is 26.3. The summed E-state index contributed by atoms with van der Waals surface area (Å²) in [6.45, 7) is 6.27. The number of nitrogens with one attached hydrogen (secondary N) is 1. The van der Waals surface area contributed by atoms with E-state index in [4.69, 9.17) is 0 Å². The maximum absolute atomic E-state index is 13.2. The monoisotopic (exact) mass is 485 g/mol. The Morgan fingerprint density at radius 1 is 1.12 bits per heavy atom. The maximum atomic E-state index is 13.2. The molecular formula is C25H31N3O5S. The van der Waals surface area contributed by atoms with E-state index in [0.29, 0.717) is 6.54 Å². The van der Waals surface area contributed by atoms with E-state index in [2.05, 4.69) is 5.32 Å². The highest BCUT2D eigenvalue weighted by Gasteiger charge is 2.40. The van der Waals surface area contributed by atoms with E-state index in [-0.39, 0.29) is 48.2 Å². The second-order valence-electron chi connectivity index (χ2n) is 8.46. The minimum Gasteiger partial charge on any atom is -0.354 e. The van der Waals surface area contributed by atoms with Crippen LogP contribution in [0.3, 0.4) is 0 Å². The van der Waals surface area contributed by atoms with Crippen LogP contribution in [0.1, 0.15) is 54.6 Å². The van der Waals surface area contributed by atoms with Crippen LogP contribution in [0.5, 0.6) is 0 Å². The molecule has 8 nitrogen and oxygen atoms in total. The van der Waals surface area contributed by atoms with Gasteiger partial charge in [-0.05, 0) is 44.4 Å². The normalized spacial score (nSPS) is 15.0. The lowest BCUT2D eigenvalue weighted by Gasteiger charge is -2.29. The molecule has 2 aromatic carbocycles. The van der Waals surface area contributed by atoms with Crippen LogP contribution in [0.4, 0.5) is 0 Å². The average Bonchev–Trinajstić information content (AvgIpc) is 3.01. The molecule has 9 heteroatoms. The van der Waals surface area contributed by atoms with Gasteiger partial charge >= 0.3 is 0 Å². The van der Waals surface area contributed by atoms with Gasteiger partial charge in [-0.1, -0.05) is 48.9 Å². The molecule has 1 aliphatic rings. The number of amides is 3. The first-order valence-electron chi connectivity index (χ1n) is 11.5. The van der Waals surface area contributed by atoms with Gasteiger partial charge in [0.05, 0.1) is 5.56 Å². The number of carbonyl (C=O) groups is 3. The molecule has 182 valence electrons. The molecule has 34 heavy (non-hydrogen) atoms. The number of carbonyl (C=O) groups excluding carboxylic acids is 3. The number of hydrogen-bond donors (Lipinski definition) is 1. The summed E-state index contributed by atoms with van der Waals surface area (Å²) in [5.74, 6) is -1.09. The molecule has 1 heterocycles. The average molecular weight is 486 g/mol. The Hall–Kier alpha value is -3.20. The summed E-state index contributed by atoms with van der Waals surface area (Å²) in [4.78, 5) is 39.9. The number of hydrogen-bond acceptors (Lipinski definition) is 5. The van der Waals surface area contributed by atoms with Gasteiger partial charge in [0.25, 0.3) is 15.9 Å². The Kier molecular flexibility index (Phi) is 8.09. The van der Waals surface area contributed by atoms with Crippen LogP contribution in [0.25, 0.3) is 0 Å². The van der Waals surface area contributed by atoms with E-state index in [1.807, 2.05) is 38.1 Å². The first-order valence-corrected chi connectivity index (χ1v) is 12.9. The van der Waals surface area contributed by atoms with Gasteiger partial charge < -0.3 is 10.2 Å². The highest BCUT2D eigenvalue weighted by molar-refractivity contribution is 7.90. The molecule has 0 bridgehead atoms. The number of aryl methyl sites for hydroxylation is 1. The first-order chi connectivity index (χ1) is 16.2. The molecule has 0 fully saturated rings. The van der Waals surface area contributed by atoms with Gasteiger partial charge in [0.1, 0.15) is 10.9 Å². The minimum atomic E-state index is -3.91. The van der Waals surface area contributed by atoms with Crippen LogP contribution in [0, 0.1) is 6.92 Å². The highest BCUT2D eigenvalue weighted by atomic mass is 32.2. The van der Waals surface area contributed by atoms with Gasteiger partial charge in [0, 0.05) is 26.1 Å². The van der Waals surface area contributed by atoms with Crippen molar-refractivity contribution in [2.24, 2.45) is 0 Å². The molecule has 3 rings (SSSR count). The second-order valence-corrected chi connectivity index (χ2v) is 10.3. The fourth-order valence-corrected chi connectivity index (χ4v) is 5.56. The van der Waals surface area contributed by atoms with Gasteiger partial charge in [-0.3, -0.25) is 14.4 Å². The van der Waals surface area contributed by atoms with E-state index in [1.165, 1.54) is 17.0 Å². The quantitative estimate of drug-likeness (QED) is 0.557. The van der Waals surface area contributed by atoms with Crippen molar-refractivity contribution >= 4 is 27.7 Å². The minimum absolute atomic E-state index is 0.00591. The zero-order valence-corrected chi connectivity index (χ0v) is 20.6. The third-order valence-corrected chi connectivity index (χ3v) is 7.66. The fourth-order valence-electron chi connectivity index (χ4n) is 3.96. The molecule has 3 amide bonds. The second kappa shape index (κ2) is 10.8. The summed E-state index contributed by atoms with van der Waals surface area (Å²) in [6, 6.07) is 13.1. The van der Waals surface area contributed by atoms with Crippen LogP contribution < -0.4 is 5.32 Å². The summed E-state index contributed by atoms with van der Waals surface area (Å²) in [5, 5.41) is 2.83. The molecule has 0 saturated carbocycles. The van der Waals surface area contributed by atoms with Crippen molar-refractivity contribution in [2.75, 3.05) is 13.1 Å². The largest absolute Gasteiger partial charge is 0.354 e. The van der Waals surface area contributed by atoms with Crippen molar-refractivity contribution in [1.29, 1.82) is 0 Å². The van der Waals surface area contributed by atoms with Crippen molar-refractivity contribution in [3.8, 4) is 0 Å². The van der Waals surface area contributed by atoms with Crippen molar-refractivity contribution in [2.45, 2.75) is 57.5 Å². The standard InChI is InChI=1S/C25H31N3O5S/c1-4-14-26-24(30)19(3)27(17-20-10-7-9-18(2)16-20)23(29)13-8-15-28-25(31)21-11-5-6-12-22(21)34(28,32)33/h5-7,9-12,16,19H,4,8,13-15,17H2,1-3H3,(H,26,30)/t19-/m0/s1. The first kappa shape index (κ1) is 25.4. The predicted molar refractivity (Wildman–Crippen MR) is 128 cm³/mol. The molecule has 1 atom stereocenters. The van der Waals surface area contributed by atoms with Gasteiger partial charge in [-0.15, -0.1) is 0 Å². The molecule has 0 radical (unpaired) electrons. The molecule has 0 spiro atoms. The Balaban J connectivity index is 1.70. The van der Waals surface area contributed by atoms with E-state index >= 15 is 0 Å². The third kappa shape index (κ3) is 5.47. The van der Waals surface area contributed by atoms with Gasteiger partial charge in [-0.25, -0.2) is 12.7 Å². The van der Waals surface area contributed by atoms with Crippen LogP contribution in [0.15, 0.2) is 53.4 Å². The lowest BCUT2D eigenvalue weighted by atomic mass is 10.1. The summed E-state index contributed by atoms with van der Waals surface area (Å²) in [6.07, 6.45) is 0.948. The Bertz CT molecular complexity index is 1180. The molecular weight excluding hydrogens is 454 g/mol. The smallest absolute Gasteiger partial charge is 0.269 e. The number of nitrogens with zero attached hydrogens (tertiary/aromatic N) is 2. The van der Waals surface area contributed by atoms with E-state index < -0.39 is 22.0 Å². The summed E-state index contributed by atoms with van der Waals surface area (Å²) >= 11 is 0. The molecule has 1 aliphatic heterocycles.